The summed E-state index contributed by atoms with van der Waals surface area (Å²) in [6, 6.07) is 13.7. The van der Waals surface area contributed by atoms with Gasteiger partial charge in [-0.2, -0.15) is 0 Å². The van der Waals surface area contributed by atoms with Crippen molar-refractivity contribution in [2.75, 3.05) is 41.7 Å². The number of hydrogen-bond donors (Lipinski definition) is 0. The number of halogens is 1. The Morgan fingerprint density at radius 3 is 1.67 bits per heavy atom. The molecule has 1 aliphatic heterocycles. The first kappa shape index (κ1) is 16.8. The maximum Gasteiger partial charge on any atom is 0.178 e. The maximum absolute atomic E-state index is 13.0. The summed E-state index contributed by atoms with van der Waals surface area (Å²) in [5.74, 6) is -0.109. The lowest BCUT2D eigenvalue weighted by molar-refractivity contribution is 0.597. The molecule has 6 heteroatoms. The Kier molecular flexibility index (Phi) is 4.76. The lowest BCUT2D eigenvalue weighted by atomic mass is 10.2. The fourth-order valence-electron chi connectivity index (χ4n) is 2.91. The molecule has 0 amide bonds. The maximum atomic E-state index is 13.0. The van der Waals surface area contributed by atoms with Gasteiger partial charge in [0.05, 0.1) is 10.6 Å². The molecule has 0 bridgehead atoms. The van der Waals surface area contributed by atoms with Crippen LogP contribution < -0.4 is 9.80 Å². The van der Waals surface area contributed by atoms with Gasteiger partial charge in [0.25, 0.3) is 0 Å². The summed E-state index contributed by atoms with van der Waals surface area (Å²) in [7, 11) is -3.15. The van der Waals surface area contributed by atoms with E-state index in [9.17, 15) is 12.8 Å². The van der Waals surface area contributed by atoms with Gasteiger partial charge in [-0.15, -0.1) is 0 Å². The van der Waals surface area contributed by atoms with Crippen LogP contribution in [0.5, 0.6) is 0 Å². The first-order valence-corrected chi connectivity index (χ1v) is 9.73. The van der Waals surface area contributed by atoms with Crippen molar-refractivity contribution in [2.24, 2.45) is 0 Å². The van der Waals surface area contributed by atoms with Gasteiger partial charge in [-0.1, -0.05) is 6.92 Å². The Morgan fingerprint density at radius 1 is 0.833 bits per heavy atom. The van der Waals surface area contributed by atoms with E-state index in [0.717, 1.165) is 37.6 Å². The van der Waals surface area contributed by atoms with Crippen LogP contribution in [0.4, 0.5) is 15.8 Å². The zero-order chi connectivity index (χ0) is 17.2. The van der Waals surface area contributed by atoms with Gasteiger partial charge < -0.3 is 9.80 Å². The fourth-order valence-corrected chi connectivity index (χ4v) is 3.79. The van der Waals surface area contributed by atoms with Gasteiger partial charge in [-0.3, -0.25) is 0 Å². The second kappa shape index (κ2) is 6.81. The lowest BCUT2D eigenvalue weighted by Crippen LogP contribution is -2.46. The van der Waals surface area contributed by atoms with Crippen molar-refractivity contribution in [1.29, 1.82) is 0 Å². The molecule has 0 aromatic heterocycles. The van der Waals surface area contributed by atoms with Gasteiger partial charge in [-0.05, 0) is 48.5 Å². The number of rotatable bonds is 4. The fraction of sp³-hybridized carbons (Fsp3) is 0.333. The van der Waals surface area contributed by atoms with Crippen LogP contribution in [0.1, 0.15) is 6.92 Å². The molecule has 24 heavy (non-hydrogen) atoms. The molecule has 0 saturated carbocycles. The van der Waals surface area contributed by atoms with E-state index in [1.807, 2.05) is 12.1 Å². The number of sulfone groups is 1. The van der Waals surface area contributed by atoms with Crippen molar-refractivity contribution in [3.8, 4) is 0 Å². The highest BCUT2D eigenvalue weighted by molar-refractivity contribution is 7.91. The van der Waals surface area contributed by atoms with Crippen LogP contribution in [0.2, 0.25) is 0 Å². The second-order valence-electron chi connectivity index (χ2n) is 5.85. The highest BCUT2D eigenvalue weighted by Crippen LogP contribution is 2.22. The highest BCUT2D eigenvalue weighted by atomic mass is 32.2. The smallest absolute Gasteiger partial charge is 0.178 e. The number of piperazine rings is 1. The van der Waals surface area contributed by atoms with Crippen LogP contribution >= 0.6 is 0 Å². The molecule has 0 atom stereocenters. The van der Waals surface area contributed by atoms with Crippen LogP contribution in [-0.2, 0) is 9.84 Å². The molecule has 0 spiro atoms. The van der Waals surface area contributed by atoms with Crippen LogP contribution in [0.25, 0.3) is 0 Å². The predicted octanol–water partition coefficient (Wildman–Crippen LogP) is 2.95. The van der Waals surface area contributed by atoms with E-state index in [-0.39, 0.29) is 11.6 Å². The number of anilines is 2. The summed E-state index contributed by atoms with van der Waals surface area (Å²) in [5.41, 5.74) is 2.06. The van der Waals surface area contributed by atoms with Crippen LogP contribution in [-0.4, -0.2) is 40.3 Å². The van der Waals surface area contributed by atoms with E-state index >= 15 is 0 Å². The van der Waals surface area contributed by atoms with Gasteiger partial charge in [0.2, 0.25) is 0 Å². The van der Waals surface area contributed by atoms with E-state index in [2.05, 4.69) is 9.80 Å². The molecule has 1 saturated heterocycles. The predicted molar refractivity (Wildman–Crippen MR) is 95.0 cm³/mol. The normalized spacial score (nSPS) is 15.6. The molecule has 1 heterocycles. The summed E-state index contributed by atoms with van der Waals surface area (Å²) in [6.45, 7) is 5.04. The van der Waals surface area contributed by atoms with Crippen molar-refractivity contribution in [3.63, 3.8) is 0 Å². The molecular formula is C18H21FN2O2S. The molecule has 0 aliphatic carbocycles. The Bertz CT molecular complexity index is 781. The molecule has 4 nitrogen and oxygen atoms in total. The summed E-state index contributed by atoms with van der Waals surface area (Å²) in [4.78, 5) is 4.84. The van der Waals surface area contributed by atoms with Gasteiger partial charge in [0.15, 0.2) is 9.84 Å². The average molecular weight is 348 g/mol. The van der Waals surface area contributed by atoms with Gasteiger partial charge >= 0.3 is 0 Å². The lowest BCUT2D eigenvalue weighted by Gasteiger charge is -2.37. The topological polar surface area (TPSA) is 40.6 Å². The first-order chi connectivity index (χ1) is 11.5. The molecule has 128 valence electrons. The average Bonchev–Trinajstić information content (AvgIpc) is 2.63. The van der Waals surface area contributed by atoms with Crippen molar-refractivity contribution in [2.45, 2.75) is 11.8 Å². The van der Waals surface area contributed by atoms with E-state index in [0.29, 0.717) is 4.90 Å². The quantitative estimate of drug-likeness (QED) is 0.852. The molecule has 0 radical (unpaired) electrons. The number of nitrogens with zero attached hydrogens (tertiary/aromatic N) is 2. The largest absolute Gasteiger partial charge is 0.368 e. The molecule has 2 aromatic rings. The summed E-state index contributed by atoms with van der Waals surface area (Å²) >= 11 is 0. The SMILES string of the molecule is CCS(=O)(=O)c1ccc(N2CCN(c3ccc(F)cc3)CC2)cc1. The highest BCUT2D eigenvalue weighted by Gasteiger charge is 2.18. The standard InChI is InChI=1S/C18H21FN2O2S/c1-2-24(22,23)18-9-7-17(8-10-18)21-13-11-20(12-14-21)16-5-3-15(19)4-6-16/h3-10H,2,11-14H2,1H3. The van der Waals surface area contributed by atoms with Crippen molar-refractivity contribution < 1.29 is 12.8 Å². The molecule has 1 aliphatic rings. The molecule has 3 rings (SSSR count). The second-order valence-corrected chi connectivity index (χ2v) is 8.13. The Morgan fingerprint density at radius 2 is 1.25 bits per heavy atom. The van der Waals surface area contributed by atoms with E-state index in [1.165, 1.54) is 12.1 Å². The third-order valence-corrected chi connectivity index (χ3v) is 6.16. The monoisotopic (exact) mass is 348 g/mol. The Balaban J connectivity index is 1.65. The van der Waals surface area contributed by atoms with E-state index in [1.54, 1.807) is 31.2 Å². The zero-order valence-electron chi connectivity index (χ0n) is 13.7. The van der Waals surface area contributed by atoms with E-state index in [4.69, 9.17) is 0 Å². The van der Waals surface area contributed by atoms with Crippen molar-refractivity contribution in [1.82, 2.24) is 0 Å². The number of hydrogen-bond acceptors (Lipinski definition) is 4. The molecule has 2 aromatic carbocycles. The number of benzene rings is 2. The molecule has 0 unspecified atom stereocenters. The minimum atomic E-state index is -3.15. The minimum Gasteiger partial charge on any atom is -0.368 e. The summed E-state index contributed by atoms with van der Waals surface area (Å²) in [6.07, 6.45) is 0. The summed E-state index contributed by atoms with van der Waals surface area (Å²) < 4.78 is 36.7. The van der Waals surface area contributed by atoms with Crippen LogP contribution in [0.3, 0.4) is 0 Å². The zero-order valence-corrected chi connectivity index (χ0v) is 14.5. The van der Waals surface area contributed by atoms with Crippen LogP contribution in [0.15, 0.2) is 53.4 Å². The first-order valence-electron chi connectivity index (χ1n) is 8.08. The van der Waals surface area contributed by atoms with Crippen molar-refractivity contribution >= 4 is 21.2 Å². The van der Waals surface area contributed by atoms with E-state index < -0.39 is 9.84 Å². The Labute approximate surface area is 142 Å². The minimum absolute atomic E-state index is 0.114. The third-order valence-electron chi connectivity index (χ3n) is 4.41. The molecule has 0 N–H and O–H groups in total. The van der Waals surface area contributed by atoms with Crippen molar-refractivity contribution in [3.05, 3.63) is 54.3 Å². The van der Waals surface area contributed by atoms with Crippen LogP contribution in [0, 0.1) is 5.82 Å². The summed E-state index contributed by atoms with van der Waals surface area (Å²) in [5, 5.41) is 0. The van der Waals surface area contributed by atoms with Gasteiger partial charge in [-0.25, -0.2) is 12.8 Å². The third kappa shape index (κ3) is 3.53. The van der Waals surface area contributed by atoms with Gasteiger partial charge in [0, 0.05) is 37.6 Å². The van der Waals surface area contributed by atoms with Gasteiger partial charge in [0.1, 0.15) is 5.82 Å². The Hall–Kier alpha value is -2.08. The molecular weight excluding hydrogens is 327 g/mol. The molecule has 1 fully saturated rings.